The highest BCUT2D eigenvalue weighted by molar-refractivity contribution is 8.00. The molecule has 0 spiro atoms. The van der Waals surface area contributed by atoms with Gasteiger partial charge in [0.25, 0.3) is 5.91 Å². The van der Waals surface area contributed by atoms with Crippen LogP contribution in [0.15, 0.2) is 69.3 Å². The molecule has 19 heteroatoms. The topological polar surface area (TPSA) is 125 Å². The summed E-state index contributed by atoms with van der Waals surface area (Å²) in [6, 6.07) is 16.0. The average molecular weight is 934 g/mol. The molecule has 0 N–H and O–H groups in total. The third-order valence-corrected chi connectivity index (χ3v) is 12.0. The minimum atomic E-state index is -1.05. The number of halogens is 5. The molecule has 6 rings (SSSR count). The number of hydrogen-bond acceptors (Lipinski definition) is 10. The standard InChI is InChI=1S/C15H15ClFN3O3S2.C14H20ClNO2.C11H11Cl2NO2/c1-23-13(21)8-24-12-7-11(10(17)6-9(12)16)18-14-19-4-2-3-5-20(19)15(22)25-14;1-4-11-7-6-8-12(5-2)14(11)16(10-18-3)13(17)9-15;1-7-6-16-9-5-3-2-4-8(9)14(7)11(15)10(12)13/h6-7H,2-5,8H2,1H3;6-8H,4-5,9-10H2,1-3H3;2-5,7,10H,6H2,1H3. The number of thioether (sulfide) groups is 1. The zero-order chi connectivity index (χ0) is 43.2. The van der Waals surface area contributed by atoms with Gasteiger partial charge in [-0.2, -0.15) is 0 Å². The minimum absolute atomic E-state index is 0.0371. The van der Waals surface area contributed by atoms with Crippen molar-refractivity contribution in [3.63, 3.8) is 0 Å². The number of hydrogen-bond donors (Lipinski definition) is 0. The smallest absolute Gasteiger partial charge is 0.325 e. The van der Waals surface area contributed by atoms with Gasteiger partial charge in [0.2, 0.25) is 10.7 Å². The number of carbonyl (C=O) groups is 3. The van der Waals surface area contributed by atoms with Gasteiger partial charge >= 0.3 is 10.8 Å². The molecule has 3 heterocycles. The summed E-state index contributed by atoms with van der Waals surface area (Å²) in [4.78, 5) is 54.5. The largest absolute Gasteiger partial charge is 0.489 e. The van der Waals surface area contributed by atoms with E-state index in [-0.39, 0.29) is 51.8 Å². The zero-order valence-corrected chi connectivity index (χ0v) is 37.9. The molecule has 0 aliphatic carbocycles. The SMILES string of the molecule is CC1COc2ccccc2N1C(=O)C(Cl)Cl.CCc1cccc(CC)c1N(COC)C(=O)CCl.COC(=O)CSc1cc(N=c2sc(=O)n3n2CCCC3)c(F)cc1Cl. The molecule has 0 saturated heterocycles. The van der Waals surface area contributed by atoms with E-state index in [0.29, 0.717) is 35.1 Å². The van der Waals surface area contributed by atoms with Crippen LogP contribution in [0, 0.1) is 5.82 Å². The van der Waals surface area contributed by atoms with Gasteiger partial charge in [0.15, 0.2) is 4.84 Å². The number of aromatic nitrogens is 2. The molecule has 2 aliphatic rings. The van der Waals surface area contributed by atoms with E-state index in [9.17, 15) is 23.6 Å². The van der Waals surface area contributed by atoms with E-state index >= 15 is 0 Å². The van der Waals surface area contributed by atoms with Crippen molar-refractivity contribution in [2.45, 2.75) is 75.3 Å². The summed E-state index contributed by atoms with van der Waals surface area (Å²) < 4.78 is 32.9. The van der Waals surface area contributed by atoms with E-state index < -0.39 is 16.6 Å². The van der Waals surface area contributed by atoms with Crippen LogP contribution in [-0.4, -0.2) is 77.2 Å². The number of amides is 2. The lowest BCUT2D eigenvalue weighted by molar-refractivity contribution is -0.137. The maximum absolute atomic E-state index is 14.3. The monoisotopic (exact) mass is 931 g/mol. The number of fused-ring (bicyclic) bond motifs is 2. The number of aryl methyl sites for hydroxylation is 2. The first kappa shape index (κ1) is 48.1. The highest BCUT2D eigenvalue weighted by atomic mass is 35.5. The van der Waals surface area contributed by atoms with Crippen molar-refractivity contribution in [1.29, 1.82) is 0 Å². The van der Waals surface area contributed by atoms with Crippen LogP contribution in [0.25, 0.3) is 0 Å². The molecule has 3 aromatic carbocycles. The molecule has 2 aliphatic heterocycles. The van der Waals surface area contributed by atoms with Crippen LogP contribution < -0.4 is 24.2 Å². The Labute approximate surface area is 370 Å². The first-order valence-electron chi connectivity index (χ1n) is 18.6. The molecule has 1 aromatic heterocycles. The van der Waals surface area contributed by atoms with Gasteiger partial charge in [-0.3, -0.25) is 28.8 Å². The van der Waals surface area contributed by atoms with Gasteiger partial charge in [-0.25, -0.2) is 14.1 Å². The van der Waals surface area contributed by atoms with Crippen LogP contribution >= 0.6 is 69.5 Å². The Morgan fingerprint density at radius 2 is 1.69 bits per heavy atom. The van der Waals surface area contributed by atoms with Crippen molar-refractivity contribution in [1.82, 2.24) is 9.36 Å². The van der Waals surface area contributed by atoms with Crippen LogP contribution in [0.3, 0.4) is 0 Å². The molecule has 320 valence electrons. The van der Waals surface area contributed by atoms with E-state index in [4.69, 9.17) is 55.9 Å². The number of benzene rings is 3. The molecule has 59 heavy (non-hydrogen) atoms. The van der Waals surface area contributed by atoms with Crippen LogP contribution in [-0.2, 0) is 49.8 Å². The maximum atomic E-state index is 14.3. The van der Waals surface area contributed by atoms with Gasteiger partial charge < -0.3 is 19.1 Å². The summed E-state index contributed by atoms with van der Waals surface area (Å²) >= 11 is 25.1. The van der Waals surface area contributed by atoms with E-state index in [0.717, 1.165) is 77.3 Å². The molecule has 0 saturated carbocycles. The molecule has 1 unspecified atom stereocenters. The Morgan fingerprint density at radius 3 is 2.31 bits per heavy atom. The second-order valence-corrected chi connectivity index (χ2v) is 16.7. The number of carbonyl (C=O) groups excluding carboxylic acids is 3. The lowest BCUT2D eigenvalue weighted by Gasteiger charge is -2.35. The van der Waals surface area contributed by atoms with Crippen molar-refractivity contribution < 1.29 is 33.0 Å². The lowest BCUT2D eigenvalue weighted by Crippen LogP contribution is -2.47. The van der Waals surface area contributed by atoms with E-state index in [2.05, 4.69) is 23.6 Å². The van der Waals surface area contributed by atoms with Gasteiger partial charge in [-0.1, -0.05) is 79.0 Å². The summed E-state index contributed by atoms with van der Waals surface area (Å²) in [5.74, 6) is -0.721. The fourth-order valence-corrected chi connectivity index (χ4v) is 8.54. The third-order valence-electron chi connectivity index (χ3n) is 9.06. The zero-order valence-electron chi connectivity index (χ0n) is 33.2. The van der Waals surface area contributed by atoms with Crippen LogP contribution in [0.1, 0.15) is 44.7 Å². The molecular formula is C40H46Cl4FN5O7S2. The van der Waals surface area contributed by atoms with Crippen molar-refractivity contribution >= 4 is 104 Å². The summed E-state index contributed by atoms with van der Waals surface area (Å²) in [7, 11) is 2.87. The number of ether oxygens (including phenoxy) is 3. The van der Waals surface area contributed by atoms with Gasteiger partial charge in [0.1, 0.15) is 36.5 Å². The van der Waals surface area contributed by atoms with E-state index in [1.807, 2.05) is 49.4 Å². The number of para-hydroxylation sites is 3. The number of nitrogens with zero attached hydrogens (tertiary/aromatic N) is 5. The fourth-order valence-electron chi connectivity index (χ4n) is 6.20. The van der Waals surface area contributed by atoms with Crippen LogP contribution in [0.4, 0.5) is 21.5 Å². The molecule has 2 amide bonds. The first-order chi connectivity index (χ1) is 28.3. The van der Waals surface area contributed by atoms with Gasteiger partial charge in [0, 0.05) is 25.1 Å². The number of methoxy groups -OCH3 is 2. The van der Waals surface area contributed by atoms with Gasteiger partial charge in [-0.15, -0.1) is 23.4 Å². The molecule has 4 aromatic rings. The summed E-state index contributed by atoms with van der Waals surface area (Å²) in [6.45, 7) is 8.05. The van der Waals surface area contributed by atoms with Crippen molar-refractivity contribution in [2.24, 2.45) is 4.99 Å². The van der Waals surface area contributed by atoms with Gasteiger partial charge in [0.05, 0.1) is 35.3 Å². The quantitative estimate of drug-likeness (QED) is 0.0636. The van der Waals surface area contributed by atoms with Crippen molar-refractivity contribution in [3.8, 4) is 5.75 Å². The number of anilines is 2. The van der Waals surface area contributed by atoms with Crippen molar-refractivity contribution in [2.75, 3.05) is 49.0 Å². The van der Waals surface area contributed by atoms with E-state index in [1.165, 1.54) is 13.2 Å². The molecule has 12 nitrogen and oxygen atoms in total. The van der Waals surface area contributed by atoms with E-state index in [1.54, 1.807) is 26.3 Å². The average Bonchev–Trinajstić information content (AvgIpc) is 3.56. The molecular weight excluding hydrogens is 887 g/mol. The Kier molecular flexibility index (Phi) is 19.1. The van der Waals surface area contributed by atoms with Crippen LogP contribution in [0.5, 0.6) is 5.75 Å². The summed E-state index contributed by atoms with van der Waals surface area (Å²) in [5, 5.41) is 0.199. The number of rotatable bonds is 11. The Balaban J connectivity index is 0.000000202. The predicted octanol–water partition coefficient (Wildman–Crippen LogP) is 8.39. The first-order valence-corrected chi connectivity index (χ1v) is 22.2. The molecule has 0 fully saturated rings. The number of esters is 1. The maximum Gasteiger partial charge on any atom is 0.325 e. The molecule has 0 radical (unpaired) electrons. The highest BCUT2D eigenvalue weighted by Crippen LogP contribution is 2.35. The predicted molar refractivity (Wildman–Crippen MR) is 235 cm³/mol. The summed E-state index contributed by atoms with van der Waals surface area (Å²) in [5.41, 5.74) is 4.04. The van der Waals surface area contributed by atoms with Gasteiger partial charge in [-0.05, 0) is 79.3 Å². The fraction of sp³-hybridized carbons (Fsp3) is 0.425. The lowest BCUT2D eigenvalue weighted by atomic mass is 10.0. The third kappa shape index (κ3) is 12.5. The molecule has 1 atom stereocenters. The normalized spacial score (nSPS) is 14.5. The Bertz CT molecular complexity index is 2200. The second kappa shape index (κ2) is 23.4. The molecule has 0 bridgehead atoms. The minimum Gasteiger partial charge on any atom is -0.489 e. The summed E-state index contributed by atoms with van der Waals surface area (Å²) in [6.07, 6.45) is 3.64. The highest BCUT2D eigenvalue weighted by Gasteiger charge is 2.32. The Hall–Kier alpha value is -3.57. The second-order valence-electron chi connectivity index (χ2n) is 13.0. The van der Waals surface area contributed by atoms with Crippen molar-refractivity contribution in [3.05, 3.63) is 91.0 Å². The Morgan fingerprint density at radius 1 is 1.03 bits per heavy atom. The van der Waals surface area contributed by atoms with Crippen LogP contribution in [0.2, 0.25) is 5.02 Å². The number of alkyl halides is 3.